The van der Waals surface area contributed by atoms with Crippen LogP contribution in [0.2, 0.25) is 0 Å². The van der Waals surface area contributed by atoms with Crippen molar-refractivity contribution < 1.29 is 17.7 Å². The summed E-state index contributed by atoms with van der Waals surface area (Å²) in [5, 5.41) is 2.84. The fourth-order valence-corrected chi connectivity index (χ4v) is 2.30. The number of sulfone groups is 1. The van der Waals surface area contributed by atoms with Gasteiger partial charge >= 0.3 is 0 Å². The minimum Gasteiger partial charge on any atom is -0.339 e. The van der Waals surface area contributed by atoms with E-state index in [1.54, 1.807) is 0 Å². The molecule has 0 N–H and O–H groups in total. The van der Waals surface area contributed by atoms with E-state index in [-0.39, 0.29) is 23.4 Å². The third kappa shape index (κ3) is 2.38. The smallest absolute Gasteiger partial charge is 0.237 e. The Morgan fingerprint density at radius 2 is 2.18 bits per heavy atom. The van der Waals surface area contributed by atoms with E-state index < -0.39 is 15.1 Å². The predicted octanol–water partition coefficient (Wildman–Crippen LogP) is 1.01. The Kier molecular flexibility index (Phi) is 3.03. The van der Waals surface area contributed by atoms with Gasteiger partial charge in [-0.3, -0.25) is 4.79 Å². The van der Waals surface area contributed by atoms with Crippen molar-refractivity contribution in [1.82, 2.24) is 10.1 Å². The number of Topliss-reactive ketones (excluding diaryl/α,β-unsaturated/α-hetero) is 1. The van der Waals surface area contributed by atoms with Crippen molar-refractivity contribution in [2.75, 3.05) is 6.26 Å². The second-order valence-corrected chi connectivity index (χ2v) is 6.74. The fourth-order valence-electron chi connectivity index (χ4n) is 1.82. The maximum absolute atomic E-state index is 11.5. The van der Waals surface area contributed by atoms with Gasteiger partial charge in [-0.25, -0.2) is 8.42 Å². The molecule has 1 aliphatic carbocycles. The van der Waals surface area contributed by atoms with E-state index in [0.29, 0.717) is 12.8 Å². The van der Waals surface area contributed by atoms with Crippen LogP contribution in [0, 0.1) is 0 Å². The van der Waals surface area contributed by atoms with Crippen LogP contribution in [0.3, 0.4) is 0 Å². The second-order valence-electron chi connectivity index (χ2n) is 4.37. The summed E-state index contributed by atoms with van der Waals surface area (Å²) in [4.78, 5) is 15.5. The SMILES string of the molecule is CC(c1noc(C2CCCC2=O)n1)S(C)(=O)=O. The molecule has 1 saturated carbocycles. The third-order valence-electron chi connectivity index (χ3n) is 3.07. The highest BCUT2D eigenvalue weighted by atomic mass is 32.2. The highest BCUT2D eigenvalue weighted by Gasteiger charge is 2.32. The van der Waals surface area contributed by atoms with E-state index in [4.69, 9.17) is 4.52 Å². The number of aromatic nitrogens is 2. The normalized spacial score (nSPS) is 22.9. The topological polar surface area (TPSA) is 90.1 Å². The molecular weight excluding hydrogens is 244 g/mol. The van der Waals surface area contributed by atoms with E-state index in [9.17, 15) is 13.2 Å². The number of ketones is 1. The minimum atomic E-state index is -3.25. The quantitative estimate of drug-likeness (QED) is 0.803. The maximum Gasteiger partial charge on any atom is 0.237 e. The number of hydrogen-bond acceptors (Lipinski definition) is 6. The van der Waals surface area contributed by atoms with Gasteiger partial charge in [0, 0.05) is 12.7 Å². The Morgan fingerprint density at radius 3 is 2.71 bits per heavy atom. The number of carbonyl (C=O) groups excluding carboxylic acids is 1. The van der Waals surface area contributed by atoms with E-state index in [0.717, 1.165) is 12.7 Å². The van der Waals surface area contributed by atoms with Crippen LogP contribution in [0.25, 0.3) is 0 Å². The van der Waals surface area contributed by atoms with Crippen LogP contribution in [0.15, 0.2) is 4.52 Å². The molecule has 2 rings (SSSR count). The van der Waals surface area contributed by atoms with Crippen molar-refractivity contribution in [3.05, 3.63) is 11.7 Å². The molecule has 0 spiro atoms. The van der Waals surface area contributed by atoms with Gasteiger partial charge in [0.15, 0.2) is 15.7 Å². The molecule has 2 atom stereocenters. The van der Waals surface area contributed by atoms with Crippen molar-refractivity contribution >= 4 is 15.6 Å². The standard InChI is InChI=1S/C10H14N2O4S/c1-6(17(2,14)15)9-11-10(16-12-9)7-4-3-5-8(7)13/h6-7H,3-5H2,1-2H3. The molecule has 0 aliphatic heterocycles. The maximum atomic E-state index is 11.5. The molecule has 0 saturated heterocycles. The molecule has 2 unspecified atom stereocenters. The van der Waals surface area contributed by atoms with Crippen molar-refractivity contribution in [3.63, 3.8) is 0 Å². The van der Waals surface area contributed by atoms with Crippen LogP contribution in [0.5, 0.6) is 0 Å². The average Bonchev–Trinajstić information content (AvgIpc) is 2.83. The third-order valence-corrected chi connectivity index (χ3v) is 4.56. The van der Waals surface area contributed by atoms with Crippen molar-refractivity contribution in [2.24, 2.45) is 0 Å². The van der Waals surface area contributed by atoms with Gasteiger partial charge in [-0.15, -0.1) is 0 Å². The van der Waals surface area contributed by atoms with Crippen LogP contribution in [0.4, 0.5) is 0 Å². The number of carbonyl (C=O) groups is 1. The van der Waals surface area contributed by atoms with Crippen molar-refractivity contribution in [3.8, 4) is 0 Å². The summed E-state index contributed by atoms with van der Waals surface area (Å²) in [5.41, 5.74) is 0. The monoisotopic (exact) mass is 258 g/mol. The van der Waals surface area contributed by atoms with E-state index >= 15 is 0 Å². The Morgan fingerprint density at radius 1 is 1.47 bits per heavy atom. The molecule has 1 aromatic rings. The zero-order chi connectivity index (χ0) is 12.6. The first kappa shape index (κ1) is 12.2. The van der Waals surface area contributed by atoms with Crippen LogP contribution in [0.1, 0.15) is 49.1 Å². The van der Waals surface area contributed by atoms with Crippen molar-refractivity contribution in [2.45, 2.75) is 37.4 Å². The molecule has 1 aromatic heterocycles. The first-order valence-electron chi connectivity index (χ1n) is 5.44. The summed E-state index contributed by atoms with van der Waals surface area (Å²) in [6, 6.07) is 0. The van der Waals surface area contributed by atoms with Gasteiger partial charge in [0.2, 0.25) is 5.89 Å². The lowest BCUT2D eigenvalue weighted by Gasteiger charge is -2.02. The van der Waals surface area contributed by atoms with Crippen LogP contribution in [-0.2, 0) is 14.6 Å². The Balaban J connectivity index is 2.24. The Labute approximate surface area is 99.3 Å². The van der Waals surface area contributed by atoms with E-state index in [1.165, 1.54) is 6.92 Å². The average molecular weight is 258 g/mol. The first-order chi connectivity index (χ1) is 7.89. The second kappa shape index (κ2) is 4.21. The van der Waals surface area contributed by atoms with Gasteiger partial charge in [-0.1, -0.05) is 5.16 Å². The summed E-state index contributed by atoms with van der Waals surface area (Å²) in [7, 11) is -3.25. The van der Waals surface area contributed by atoms with Gasteiger partial charge in [0.1, 0.15) is 11.0 Å². The predicted molar refractivity (Wildman–Crippen MR) is 59.2 cm³/mol. The zero-order valence-corrected chi connectivity index (χ0v) is 10.5. The summed E-state index contributed by atoms with van der Waals surface area (Å²) in [6.45, 7) is 1.50. The lowest BCUT2D eigenvalue weighted by Crippen LogP contribution is -2.10. The number of hydrogen-bond donors (Lipinski definition) is 0. The highest BCUT2D eigenvalue weighted by Crippen LogP contribution is 2.31. The molecule has 1 aliphatic rings. The van der Waals surface area contributed by atoms with E-state index in [2.05, 4.69) is 10.1 Å². The largest absolute Gasteiger partial charge is 0.339 e. The van der Waals surface area contributed by atoms with Crippen LogP contribution >= 0.6 is 0 Å². The first-order valence-corrected chi connectivity index (χ1v) is 7.40. The summed E-state index contributed by atoms with van der Waals surface area (Å²) in [5.74, 6) is 0.121. The van der Waals surface area contributed by atoms with E-state index in [1.807, 2.05) is 0 Å². The molecule has 7 heteroatoms. The van der Waals surface area contributed by atoms with Gasteiger partial charge in [-0.2, -0.15) is 4.98 Å². The Hall–Kier alpha value is -1.24. The van der Waals surface area contributed by atoms with Gasteiger partial charge < -0.3 is 4.52 Å². The molecular formula is C10H14N2O4S. The molecule has 17 heavy (non-hydrogen) atoms. The van der Waals surface area contributed by atoms with Gasteiger partial charge in [0.25, 0.3) is 0 Å². The summed E-state index contributed by atoms with van der Waals surface area (Å²) in [6.07, 6.45) is 3.18. The van der Waals surface area contributed by atoms with Gasteiger partial charge in [0.05, 0.1) is 5.92 Å². The summed E-state index contributed by atoms with van der Waals surface area (Å²) < 4.78 is 27.7. The van der Waals surface area contributed by atoms with Gasteiger partial charge in [-0.05, 0) is 19.8 Å². The Bertz CT molecular complexity index is 534. The van der Waals surface area contributed by atoms with Crippen LogP contribution in [-0.4, -0.2) is 30.6 Å². The fraction of sp³-hybridized carbons (Fsp3) is 0.700. The summed E-state index contributed by atoms with van der Waals surface area (Å²) >= 11 is 0. The number of nitrogens with zero attached hydrogens (tertiary/aromatic N) is 2. The molecule has 1 fully saturated rings. The lowest BCUT2D eigenvalue weighted by atomic mass is 10.1. The molecule has 0 aromatic carbocycles. The number of rotatable bonds is 3. The molecule has 1 heterocycles. The minimum absolute atomic E-state index is 0.0900. The lowest BCUT2D eigenvalue weighted by molar-refractivity contribution is -0.119. The zero-order valence-electron chi connectivity index (χ0n) is 9.71. The molecule has 94 valence electrons. The molecule has 0 radical (unpaired) electrons. The highest BCUT2D eigenvalue weighted by molar-refractivity contribution is 7.90. The van der Waals surface area contributed by atoms with Crippen molar-refractivity contribution in [1.29, 1.82) is 0 Å². The molecule has 6 nitrogen and oxygen atoms in total. The molecule has 0 amide bonds. The van der Waals surface area contributed by atoms with Crippen LogP contribution < -0.4 is 0 Å². The molecule has 0 bridgehead atoms.